The molecule has 72 valence electrons. The molecule has 2 aromatic heterocycles. The van der Waals surface area contributed by atoms with Crippen LogP contribution in [0.5, 0.6) is 0 Å². The van der Waals surface area contributed by atoms with Crippen molar-refractivity contribution in [2.75, 3.05) is 0 Å². The van der Waals surface area contributed by atoms with Crippen LogP contribution in [0.3, 0.4) is 0 Å². The third-order valence-corrected chi connectivity index (χ3v) is 2.43. The molecule has 2 aromatic rings. The Morgan fingerprint density at radius 3 is 2.57 bits per heavy atom. The predicted octanol–water partition coefficient (Wildman–Crippen LogP) is 2.65. The molecule has 0 bridgehead atoms. The van der Waals surface area contributed by atoms with Gasteiger partial charge in [0.25, 0.3) is 0 Å². The van der Waals surface area contributed by atoms with Crippen molar-refractivity contribution in [3.8, 4) is 5.82 Å². The van der Waals surface area contributed by atoms with Gasteiger partial charge in [-0.1, -0.05) is 0 Å². The molecule has 0 N–H and O–H groups in total. The van der Waals surface area contributed by atoms with Crippen LogP contribution in [0, 0.1) is 13.8 Å². The van der Waals surface area contributed by atoms with E-state index in [0.717, 1.165) is 21.8 Å². The summed E-state index contributed by atoms with van der Waals surface area (Å²) >= 11 is 3.35. The average molecular weight is 252 g/mol. The van der Waals surface area contributed by atoms with Crippen LogP contribution in [0.4, 0.5) is 0 Å². The minimum atomic E-state index is 0.895. The van der Waals surface area contributed by atoms with E-state index in [-0.39, 0.29) is 0 Å². The number of imidazole rings is 1. The average Bonchev–Trinajstić information content (AvgIpc) is 2.47. The number of hydrogen-bond acceptors (Lipinski definition) is 2. The van der Waals surface area contributed by atoms with Gasteiger partial charge in [0.2, 0.25) is 0 Å². The molecule has 14 heavy (non-hydrogen) atoms. The van der Waals surface area contributed by atoms with Gasteiger partial charge in [0, 0.05) is 16.9 Å². The van der Waals surface area contributed by atoms with Gasteiger partial charge >= 0.3 is 0 Å². The lowest BCUT2D eigenvalue weighted by atomic mass is 10.4. The molecular formula is C10H10BrN3. The third-order valence-electron chi connectivity index (χ3n) is 1.96. The maximum atomic E-state index is 4.32. The van der Waals surface area contributed by atoms with Crippen LogP contribution in [0.15, 0.2) is 29.0 Å². The molecule has 0 aromatic carbocycles. The first-order valence-corrected chi connectivity index (χ1v) is 5.10. The number of rotatable bonds is 1. The lowest BCUT2D eigenvalue weighted by Crippen LogP contribution is -1.97. The standard InChI is InChI=1S/C10H10BrN3/c1-7-6-14(8(2)13-7)10-4-3-9(11)5-12-10/h3-6H,1-2H3. The Bertz CT molecular complexity index is 445. The molecule has 0 amide bonds. The Balaban J connectivity index is 2.49. The van der Waals surface area contributed by atoms with Crippen molar-refractivity contribution >= 4 is 15.9 Å². The van der Waals surface area contributed by atoms with Gasteiger partial charge in [0.1, 0.15) is 11.6 Å². The van der Waals surface area contributed by atoms with Gasteiger partial charge < -0.3 is 0 Å². The largest absolute Gasteiger partial charge is 0.288 e. The van der Waals surface area contributed by atoms with Crippen LogP contribution in [-0.2, 0) is 0 Å². The first-order chi connectivity index (χ1) is 6.66. The van der Waals surface area contributed by atoms with Gasteiger partial charge in [-0.05, 0) is 41.9 Å². The quantitative estimate of drug-likeness (QED) is 0.781. The Labute approximate surface area is 90.9 Å². The summed E-state index contributed by atoms with van der Waals surface area (Å²) in [6.45, 7) is 3.94. The second-order valence-electron chi connectivity index (χ2n) is 3.13. The highest BCUT2D eigenvalue weighted by atomic mass is 79.9. The lowest BCUT2D eigenvalue weighted by molar-refractivity contribution is 0.931. The maximum absolute atomic E-state index is 4.32. The fraction of sp³-hybridized carbons (Fsp3) is 0.200. The minimum absolute atomic E-state index is 0.895. The first-order valence-electron chi connectivity index (χ1n) is 4.31. The Morgan fingerprint density at radius 1 is 1.29 bits per heavy atom. The number of nitrogens with zero attached hydrogens (tertiary/aromatic N) is 3. The summed E-state index contributed by atoms with van der Waals surface area (Å²) in [4.78, 5) is 8.62. The summed E-state index contributed by atoms with van der Waals surface area (Å²) < 4.78 is 2.96. The molecule has 4 heteroatoms. The van der Waals surface area contributed by atoms with Gasteiger partial charge in [-0.15, -0.1) is 0 Å². The summed E-state index contributed by atoms with van der Waals surface area (Å²) in [5.41, 5.74) is 1.01. The number of aryl methyl sites for hydroxylation is 2. The third kappa shape index (κ3) is 1.70. The van der Waals surface area contributed by atoms with Crippen molar-refractivity contribution in [3.05, 3.63) is 40.5 Å². The van der Waals surface area contributed by atoms with E-state index >= 15 is 0 Å². The van der Waals surface area contributed by atoms with E-state index < -0.39 is 0 Å². The number of aromatic nitrogens is 3. The van der Waals surface area contributed by atoms with Crippen molar-refractivity contribution in [1.29, 1.82) is 0 Å². The highest BCUT2D eigenvalue weighted by Gasteiger charge is 2.03. The van der Waals surface area contributed by atoms with Gasteiger partial charge in [0.15, 0.2) is 0 Å². The number of hydrogen-bond donors (Lipinski definition) is 0. The molecule has 0 aliphatic heterocycles. The molecule has 3 nitrogen and oxygen atoms in total. The highest BCUT2D eigenvalue weighted by Crippen LogP contribution is 2.12. The van der Waals surface area contributed by atoms with Crippen LogP contribution in [0.1, 0.15) is 11.5 Å². The molecule has 0 spiro atoms. The molecule has 0 saturated heterocycles. The highest BCUT2D eigenvalue weighted by molar-refractivity contribution is 9.10. The van der Waals surface area contributed by atoms with Crippen molar-refractivity contribution in [1.82, 2.24) is 14.5 Å². The Hall–Kier alpha value is -1.16. The monoisotopic (exact) mass is 251 g/mol. The van der Waals surface area contributed by atoms with E-state index in [2.05, 4.69) is 25.9 Å². The summed E-state index contributed by atoms with van der Waals surface area (Å²) in [5.74, 6) is 1.85. The SMILES string of the molecule is Cc1cn(-c2ccc(Br)cn2)c(C)n1. The molecule has 0 saturated carbocycles. The zero-order valence-electron chi connectivity index (χ0n) is 8.03. The topological polar surface area (TPSA) is 30.7 Å². The molecule has 2 rings (SSSR count). The Kier molecular flexibility index (Phi) is 2.37. The van der Waals surface area contributed by atoms with Crippen molar-refractivity contribution in [2.45, 2.75) is 13.8 Å². The maximum Gasteiger partial charge on any atom is 0.138 e. The molecule has 0 atom stereocenters. The van der Waals surface area contributed by atoms with E-state index in [0.29, 0.717) is 0 Å². The van der Waals surface area contributed by atoms with E-state index in [4.69, 9.17) is 0 Å². The van der Waals surface area contributed by atoms with Crippen molar-refractivity contribution < 1.29 is 0 Å². The fourth-order valence-corrected chi connectivity index (χ4v) is 1.60. The van der Waals surface area contributed by atoms with Crippen LogP contribution in [-0.4, -0.2) is 14.5 Å². The Morgan fingerprint density at radius 2 is 2.07 bits per heavy atom. The second-order valence-corrected chi connectivity index (χ2v) is 4.05. The van der Waals surface area contributed by atoms with Crippen LogP contribution in [0.2, 0.25) is 0 Å². The predicted molar refractivity (Wildman–Crippen MR) is 58.5 cm³/mol. The molecule has 0 unspecified atom stereocenters. The summed E-state index contributed by atoms with van der Waals surface area (Å²) in [6.07, 6.45) is 3.76. The molecular weight excluding hydrogens is 242 g/mol. The molecule has 0 aliphatic rings. The zero-order chi connectivity index (χ0) is 10.1. The molecule has 0 radical (unpaired) electrons. The van der Waals surface area contributed by atoms with E-state index in [1.165, 1.54) is 0 Å². The van der Waals surface area contributed by atoms with Crippen LogP contribution in [0.25, 0.3) is 5.82 Å². The minimum Gasteiger partial charge on any atom is -0.288 e. The first kappa shape index (κ1) is 9.40. The van der Waals surface area contributed by atoms with E-state index in [9.17, 15) is 0 Å². The van der Waals surface area contributed by atoms with Gasteiger partial charge in [0.05, 0.1) is 5.69 Å². The van der Waals surface area contributed by atoms with Gasteiger partial charge in [-0.25, -0.2) is 9.97 Å². The summed E-state index contributed by atoms with van der Waals surface area (Å²) in [5, 5.41) is 0. The van der Waals surface area contributed by atoms with Crippen molar-refractivity contribution in [2.24, 2.45) is 0 Å². The van der Waals surface area contributed by atoms with Crippen LogP contribution < -0.4 is 0 Å². The van der Waals surface area contributed by atoms with Gasteiger partial charge in [-0.2, -0.15) is 0 Å². The van der Waals surface area contributed by atoms with E-state index in [1.54, 1.807) is 6.20 Å². The van der Waals surface area contributed by atoms with Crippen molar-refractivity contribution in [3.63, 3.8) is 0 Å². The summed E-state index contributed by atoms with van der Waals surface area (Å²) in [6, 6.07) is 3.93. The van der Waals surface area contributed by atoms with Crippen LogP contribution >= 0.6 is 15.9 Å². The lowest BCUT2D eigenvalue weighted by Gasteiger charge is -2.02. The second kappa shape index (κ2) is 3.53. The van der Waals surface area contributed by atoms with E-state index in [1.807, 2.05) is 36.7 Å². The fourth-order valence-electron chi connectivity index (χ4n) is 1.36. The zero-order valence-corrected chi connectivity index (χ0v) is 9.62. The summed E-state index contributed by atoms with van der Waals surface area (Å²) in [7, 11) is 0. The normalized spacial score (nSPS) is 10.5. The van der Waals surface area contributed by atoms with Gasteiger partial charge in [-0.3, -0.25) is 4.57 Å². The molecule has 0 fully saturated rings. The number of halogens is 1. The smallest absolute Gasteiger partial charge is 0.138 e. The molecule has 2 heterocycles. The number of pyridine rings is 1. The molecule has 0 aliphatic carbocycles.